The number of carbonyl (C=O) groups is 1. The summed E-state index contributed by atoms with van der Waals surface area (Å²) in [6, 6.07) is -0.902. The zero-order chi connectivity index (χ0) is 45.7. The van der Waals surface area contributed by atoms with Crippen molar-refractivity contribution in [2.45, 2.75) is 257 Å². The van der Waals surface area contributed by atoms with Gasteiger partial charge in [-0.2, -0.15) is 0 Å². The van der Waals surface area contributed by atoms with Gasteiger partial charge in [-0.15, -0.1) is 0 Å². The van der Waals surface area contributed by atoms with Gasteiger partial charge < -0.3 is 28.8 Å². The predicted molar refractivity (Wildman–Crippen MR) is 265 cm³/mol. The van der Waals surface area contributed by atoms with Crippen LogP contribution in [0.5, 0.6) is 0 Å². The van der Waals surface area contributed by atoms with Crippen LogP contribution in [0.15, 0.2) is 36.5 Å². The second kappa shape index (κ2) is 44.9. The summed E-state index contributed by atoms with van der Waals surface area (Å²) < 4.78 is 23.2. The summed E-state index contributed by atoms with van der Waals surface area (Å²) in [5.41, 5.74) is 0. The fourth-order valence-electron chi connectivity index (χ4n) is 7.63. The topological polar surface area (TPSA) is 108 Å². The number of allylic oxidation sites excluding steroid dienone is 5. The summed E-state index contributed by atoms with van der Waals surface area (Å²) in [6.07, 6.45) is 56.5. The van der Waals surface area contributed by atoms with E-state index in [0.29, 0.717) is 17.4 Å². The van der Waals surface area contributed by atoms with E-state index in [1.807, 2.05) is 27.2 Å². The number of aliphatic hydroxyl groups is 1. The van der Waals surface area contributed by atoms with Gasteiger partial charge in [0.05, 0.1) is 39.9 Å². The van der Waals surface area contributed by atoms with Gasteiger partial charge in [-0.3, -0.25) is 9.36 Å². The van der Waals surface area contributed by atoms with Crippen molar-refractivity contribution in [3.05, 3.63) is 36.5 Å². The molecule has 0 aliphatic heterocycles. The number of aliphatic hydroxyl groups excluding tert-OH is 1. The maximum atomic E-state index is 12.9. The largest absolute Gasteiger partial charge is 0.756 e. The van der Waals surface area contributed by atoms with E-state index in [1.165, 1.54) is 186 Å². The Balaban J connectivity index is 4.17. The molecule has 9 heteroatoms. The van der Waals surface area contributed by atoms with Gasteiger partial charge in [0.25, 0.3) is 7.82 Å². The molecule has 0 fully saturated rings. The number of amides is 1. The molecule has 2 N–H and O–H groups in total. The van der Waals surface area contributed by atoms with Gasteiger partial charge >= 0.3 is 0 Å². The second-order valence-electron chi connectivity index (χ2n) is 19.2. The zero-order valence-electron chi connectivity index (χ0n) is 41.6. The zero-order valence-corrected chi connectivity index (χ0v) is 42.5. The molecule has 0 aromatic rings. The Bertz CT molecular complexity index is 1110. The summed E-state index contributed by atoms with van der Waals surface area (Å²) >= 11 is 0. The molecule has 0 aliphatic rings. The quantitative estimate of drug-likeness (QED) is 0.0273. The van der Waals surface area contributed by atoms with Crippen LogP contribution < -0.4 is 10.2 Å². The molecule has 3 atom stereocenters. The van der Waals surface area contributed by atoms with Crippen LogP contribution in [-0.4, -0.2) is 68.5 Å². The minimum atomic E-state index is -4.60. The molecular formula is C53H103N2O6P. The molecular weight excluding hydrogens is 792 g/mol. The maximum absolute atomic E-state index is 12.9. The summed E-state index contributed by atoms with van der Waals surface area (Å²) in [5.74, 6) is -0.207. The number of rotatable bonds is 48. The van der Waals surface area contributed by atoms with Gasteiger partial charge in [-0.25, -0.2) is 0 Å². The van der Waals surface area contributed by atoms with Gasteiger partial charge in [0.15, 0.2) is 0 Å². The number of nitrogens with zero attached hydrogens (tertiary/aromatic N) is 1. The number of hydrogen-bond acceptors (Lipinski definition) is 6. The van der Waals surface area contributed by atoms with Crippen LogP contribution in [0, 0.1) is 0 Å². The molecule has 0 heterocycles. The molecule has 1 amide bonds. The standard InChI is InChI=1S/C53H103N2O6P/c1-6-8-10-12-14-16-18-20-21-22-23-24-25-26-27-28-29-30-31-32-33-35-37-39-41-43-45-47-53(57)54-51(50-61-62(58,59)60-49-48-55(3,4)5)52(56)46-44-42-40-38-36-34-19-17-15-13-11-9-7-2/h26-27,36,38,44,46,51-52,56H,6-25,28-35,37,39-43,45,47-50H2,1-5H3,(H-,54,57,58,59)/b27-26-,38-36+,46-44+. The minimum Gasteiger partial charge on any atom is -0.756 e. The van der Waals surface area contributed by atoms with Crippen molar-refractivity contribution in [3.63, 3.8) is 0 Å². The lowest BCUT2D eigenvalue weighted by molar-refractivity contribution is -0.870. The Morgan fingerprint density at radius 2 is 0.903 bits per heavy atom. The summed E-state index contributed by atoms with van der Waals surface area (Å²) in [4.78, 5) is 25.4. The molecule has 0 radical (unpaired) electrons. The average Bonchev–Trinajstić information content (AvgIpc) is 3.23. The maximum Gasteiger partial charge on any atom is 0.268 e. The van der Waals surface area contributed by atoms with Crippen LogP contribution in [0.2, 0.25) is 0 Å². The van der Waals surface area contributed by atoms with Crippen molar-refractivity contribution in [1.29, 1.82) is 0 Å². The summed E-state index contributed by atoms with van der Waals surface area (Å²) in [5, 5.41) is 13.8. The third-order valence-corrected chi connectivity index (χ3v) is 12.8. The van der Waals surface area contributed by atoms with Gasteiger partial charge in [0.2, 0.25) is 5.91 Å². The first-order valence-corrected chi connectivity index (χ1v) is 27.8. The lowest BCUT2D eigenvalue weighted by atomic mass is 10.0. The molecule has 8 nitrogen and oxygen atoms in total. The highest BCUT2D eigenvalue weighted by Gasteiger charge is 2.23. The molecule has 0 saturated heterocycles. The van der Waals surface area contributed by atoms with Crippen LogP contribution in [0.1, 0.15) is 245 Å². The van der Waals surface area contributed by atoms with E-state index in [4.69, 9.17) is 9.05 Å². The van der Waals surface area contributed by atoms with Crippen LogP contribution in [0.25, 0.3) is 0 Å². The lowest BCUT2D eigenvalue weighted by Gasteiger charge is -2.29. The fraction of sp³-hybridized carbons (Fsp3) is 0.868. The minimum absolute atomic E-state index is 0.00608. The predicted octanol–water partition coefficient (Wildman–Crippen LogP) is 14.8. The first kappa shape index (κ1) is 60.7. The van der Waals surface area contributed by atoms with Gasteiger partial charge in [0.1, 0.15) is 13.2 Å². The van der Waals surface area contributed by atoms with E-state index < -0.39 is 26.6 Å². The van der Waals surface area contributed by atoms with Crippen molar-refractivity contribution in [1.82, 2.24) is 5.32 Å². The number of unbranched alkanes of at least 4 members (excludes halogenated alkanes) is 31. The Hall–Kier alpha value is -1.28. The molecule has 0 bridgehead atoms. The van der Waals surface area contributed by atoms with E-state index in [-0.39, 0.29) is 12.5 Å². The van der Waals surface area contributed by atoms with Crippen LogP contribution in [-0.2, 0) is 18.4 Å². The second-order valence-corrected chi connectivity index (χ2v) is 20.6. The monoisotopic (exact) mass is 895 g/mol. The molecule has 0 spiro atoms. The molecule has 0 aromatic heterocycles. The smallest absolute Gasteiger partial charge is 0.268 e. The number of quaternary nitrogens is 1. The van der Waals surface area contributed by atoms with Crippen molar-refractivity contribution in [2.24, 2.45) is 0 Å². The van der Waals surface area contributed by atoms with E-state index in [1.54, 1.807) is 6.08 Å². The highest BCUT2D eigenvalue weighted by molar-refractivity contribution is 7.45. The van der Waals surface area contributed by atoms with Gasteiger partial charge in [0, 0.05) is 6.42 Å². The average molecular weight is 895 g/mol. The molecule has 0 saturated carbocycles. The summed E-state index contributed by atoms with van der Waals surface area (Å²) in [6.45, 7) is 4.63. The fourth-order valence-corrected chi connectivity index (χ4v) is 8.36. The highest BCUT2D eigenvalue weighted by atomic mass is 31.2. The van der Waals surface area contributed by atoms with Crippen LogP contribution >= 0.6 is 7.82 Å². The number of nitrogens with one attached hydrogen (secondary N) is 1. The van der Waals surface area contributed by atoms with E-state index in [0.717, 1.165) is 38.5 Å². The van der Waals surface area contributed by atoms with Crippen LogP contribution in [0.3, 0.4) is 0 Å². The Morgan fingerprint density at radius 3 is 1.31 bits per heavy atom. The first-order valence-electron chi connectivity index (χ1n) is 26.4. The van der Waals surface area contributed by atoms with Crippen molar-refractivity contribution in [2.75, 3.05) is 40.9 Å². The van der Waals surface area contributed by atoms with E-state index >= 15 is 0 Å². The highest BCUT2D eigenvalue weighted by Crippen LogP contribution is 2.38. The SMILES string of the molecule is CCCCCCCCC/C=C/CC/C=C/C(O)C(COP(=O)([O-])OCC[N+](C)(C)C)NC(=O)CCCCCCCCCCCCC/C=C\CCCCCCCCCCCCCC. The summed E-state index contributed by atoms with van der Waals surface area (Å²) in [7, 11) is 1.25. The molecule has 62 heavy (non-hydrogen) atoms. The number of hydrogen-bond donors (Lipinski definition) is 2. The first-order chi connectivity index (χ1) is 30.0. The van der Waals surface area contributed by atoms with E-state index in [9.17, 15) is 19.4 Å². The molecule has 0 aliphatic carbocycles. The molecule has 3 unspecified atom stereocenters. The lowest BCUT2D eigenvalue weighted by Crippen LogP contribution is -2.45. The normalized spacial score (nSPS) is 14.4. The van der Waals surface area contributed by atoms with E-state index in [2.05, 4.69) is 43.5 Å². The molecule has 0 aromatic carbocycles. The number of phosphoric ester groups is 1. The number of carbonyl (C=O) groups excluding carboxylic acids is 1. The molecule has 0 rings (SSSR count). The van der Waals surface area contributed by atoms with Crippen molar-refractivity contribution < 1.29 is 32.9 Å². The van der Waals surface area contributed by atoms with Crippen molar-refractivity contribution >= 4 is 13.7 Å². The Morgan fingerprint density at radius 1 is 0.548 bits per heavy atom. The number of likely N-dealkylation sites (N-methyl/N-ethyl adjacent to an activating group) is 1. The van der Waals surface area contributed by atoms with Gasteiger partial charge in [-0.05, 0) is 57.8 Å². The van der Waals surface area contributed by atoms with Crippen LogP contribution in [0.4, 0.5) is 0 Å². The van der Waals surface area contributed by atoms with Gasteiger partial charge in [-0.1, -0.05) is 217 Å². The Kier molecular flexibility index (Phi) is 44.0. The van der Waals surface area contributed by atoms with Crippen molar-refractivity contribution in [3.8, 4) is 0 Å². The third kappa shape index (κ3) is 46.7. The third-order valence-electron chi connectivity index (χ3n) is 11.8. The molecule has 366 valence electrons. The Labute approximate surface area is 385 Å². The number of phosphoric acid groups is 1.